The van der Waals surface area contributed by atoms with Gasteiger partial charge in [0.05, 0.1) is 6.26 Å². The SMILES string of the molecule is Cc1cc(C(=O)Nc2ccc(O)c(C(=O)O)c2)ccc1-c1ccco1. The fourth-order valence-corrected chi connectivity index (χ4v) is 2.50. The Morgan fingerprint density at radius 3 is 2.52 bits per heavy atom. The molecule has 0 aliphatic carbocycles. The number of carboxylic acids is 1. The first-order valence-electron chi connectivity index (χ1n) is 7.48. The Morgan fingerprint density at radius 2 is 1.88 bits per heavy atom. The van der Waals surface area contributed by atoms with E-state index in [4.69, 9.17) is 9.52 Å². The molecule has 0 aliphatic heterocycles. The predicted molar refractivity (Wildman–Crippen MR) is 91.9 cm³/mol. The Balaban J connectivity index is 1.83. The summed E-state index contributed by atoms with van der Waals surface area (Å²) in [4.78, 5) is 23.4. The zero-order valence-corrected chi connectivity index (χ0v) is 13.3. The second kappa shape index (κ2) is 6.52. The zero-order valence-electron chi connectivity index (χ0n) is 13.3. The number of hydrogen-bond acceptors (Lipinski definition) is 4. The van der Waals surface area contributed by atoms with E-state index in [1.165, 1.54) is 18.2 Å². The third kappa shape index (κ3) is 3.37. The summed E-state index contributed by atoms with van der Waals surface area (Å²) in [6.07, 6.45) is 1.58. The maximum atomic E-state index is 12.4. The highest BCUT2D eigenvalue weighted by molar-refractivity contribution is 6.05. The molecular formula is C19H15NO5. The first-order valence-corrected chi connectivity index (χ1v) is 7.48. The van der Waals surface area contributed by atoms with Crippen molar-refractivity contribution < 1.29 is 24.2 Å². The van der Waals surface area contributed by atoms with E-state index >= 15 is 0 Å². The Labute approximate surface area is 143 Å². The fraction of sp³-hybridized carbons (Fsp3) is 0.0526. The van der Waals surface area contributed by atoms with Crippen molar-refractivity contribution in [2.45, 2.75) is 6.92 Å². The molecule has 3 N–H and O–H groups in total. The van der Waals surface area contributed by atoms with Gasteiger partial charge >= 0.3 is 5.97 Å². The number of hydrogen-bond donors (Lipinski definition) is 3. The first-order chi connectivity index (χ1) is 12.0. The molecule has 0 saturated carbocycles. The van der Waals surface area contributed by atoms with Crippen molar-refractivity contribution in [3.8, 4) is 17.1 Å². The van der Waals surface area contributed by atoms with Gasteiger partial charge in [0.1, 0.15) is 17.1 Å². The lowest BCUT2D eigenvalue weighted by atomic mass is 10.0. The van der Waals surface area contributed by atoms with Gasteiger partial charge in [0, 0.05) is 16.8 Å². The topological polar surface area (TPSA) is 99.8 Å². The molecule has 0 aliphatic rings. The van der Waals surface area contributed by atoms with Gasteiger partial charge in [-0.1, -0.05) is 6.07 Å². The minimum Gasteiger partial charge on any atom is -0.507 e. The highest BCUT2D eigenvalue weighted by Gasteiger charge is 2.14. The third-order valence-corrected chi connectivity index (χ3v) is 3.76. The van der Waals surface area contributed by atoms with Gasteiger partial charge < -0.3 is 19.9 Å². The van der Waals surface area contributed by atoms with E-state index in [2.05, 4.69) is 5.32 Å². The molecule has 0 bridgehead atoms. The van der Waals surface area contributed by atoms with E-state index in [1.54, 1.807) is 30.5 Å². The van der Waals surface area contributed by atoms with Crippen LogP contribution >= 0.6 is 0 Å². The monoisotopic (exact) mass is 337 g/mol. The van der Waals surface area contributed by atoms with Crippen LogP contribution in [0.3, 0.4) is 0 Å². The largest absolute Gasteiger partial charge is 0.507 e. The molecule has 1 aromatic heterocycles. The molecule has 0 fully saturated rings. The van der Waals surface area contributed by atoms with Crippen LogP contribution < -0.4 is 5.32 Å². The van der Waals surface area contributed by atoms with Gasteiger partial charge in [-0.05, 0) is 55.0 Å². The number of carbonyl (C=O) groups is 2. The van der Waals surface area contributed by atoms with E-state index in [-0.39, 0.29) is 22.9 Å². The maximum Gasteiger partial charge on any atom is 0.339 e. The van der Waals surface area contributed by atoms with E-state index < -0.39 is 5.97 Å². The van der Waals surface area contributed by atoms with Crippen LogP contribution in [0.5, 0.6) is 5.75 Å². The van der Waals surface area contributed by atoms with Crippen molar-refractivity contribution in [2.24, 2.45) is 0 Å². The number of amides is 1. The molecule has 25 heavy (non-hydrogen) atoms. The number of rotatable bonds is 4. The number of carboxylic acid groups (broad SMARTS) is 1. The predicted octanol–water partition coefficient (Wildman–Crippen LogP) is 3.91. The number of aryl methyl sites for hydroxylation is 1. The molecular weight excluding hydrogens is 322 g/mol. The molecule has 0 radical (unpaired) electrons. The Bertz CT molecular complexity index is 944. The van der Waals surface area contributed by atoms with Crippen LogP contribution in [0.4, 0.5) is 5.69 Å². The third-order valence-electron chi connectivity index (χ3n) is 3.76. The molecule has 6 heteroatoms. The normalized spacial score (nSPS) is 10.4. The van der Waals surface area contributed by atoms with E-state index in [1.807, 2.05) is 13.0 Å². The molecule has 0 saturated heterocycles. The van der Waals surface area contributed by atoms with Crippen LogP contribution in [0.15, 0.2) is 59.2 Å². The summed E-state index contributed by atoms with van der Waals surface area (Å²) in [5.41, 5.74) is 2.20. The van der Waals surface area contributed by atoms with Crippen LogP contribution in [0, 0.1) is 6.92 Å². The van der Waals surface area contributed by atoms with Crippen molar-refractivity contribution >= 4 is 17.6 Å². The minimum absolute atomic E-state index is 0.276. The summed E-state index contributed by atoms with van der Waals surface area (Å²) >= 11 is 0. The van der Waals surface area contributed by atoms with Crippen LogP contribution in [0.1, 0.15) is 26.3 Å². The number of furan rings is 1. The maximum absolute atomic E-state index is 12.4. The summed E-state index contributed by atoms with van der Waals surface area (Å²) < 4.78 is 5.36. The van der Waals surface area contributed by atoms with Gasteiger partial charge in [-0.3, -0.25) is 4.79 Å². The van der Waals surface area contributed by atoms with Crippen LogP contribution in [-0.2, 0) is 0 Å². The Hall–Kier alpha value is -3.54. The van der Waals surface area contributed by atoms with E-state index in [0.717, 1.165) is 11.1 Å². The van der Waals surface area contributed by atoms with Gasteiger partial charge in [0.2, 0.25) is 0 Å². The summed E-state index contributed by atoms with van der Waals surface area (Å²) in [7, 11) is 0. The van der Waals surface area contributed by atoms with Gasteiger partial charge in [-0.25, -0.2) is 4.79 Å². The molecule has 1 heterocycles. The van der Waals surface area contributed by atoms with Crippen LogP contribution in [-0.4, -0.2) is 22.1 Å². The van der Waals surface area contributed by atoms with Gasteiger partial charge in [-0.2, -0.15) is 0 Å². The first kappa shape index (κ1) is 16.3. The number of aromatic carboxylic acids is 1. The number of anilines is 1. The minimum atomic E-state index is -1.27. The number of nitrogens with one attached hydrogen (secondary N) is 1. The molecule has 126 valence electrons. The zero-order chi connectivity index (χ0) is 18.0. The fourth-order valence-electron chi connectivity index (χ4n) is 2.50. The number of phenols is 1. The number of carbonyl (C=O) groups excluding carboxylic acids is 1. The van der Waals surface area contributed by atoms with Gasteiger partial charge in [-0.15, -0.1) is 0 Å². The van der Waals surface area contributed by atoms with Crippen molar-refractivity contribution in [1.29, 1.82) is 0 Å². The second-order valence-electron chi connectivity index (χ2n) is 5.50. The van der Waals surface area contributed by atoms with Crippen molar-refractivity contribution in [3.05, 3.63) is 71.5 Å². The highest BCUT2D eigenvalue weighted by Crippen LogP contribution is 2.26. The van der Waals surface area contributed by atoms with Crippen LogP contribution in [0.25, 0.3) is 11.3 Å². The van der Waals surface area contributed by atoms with Crippen LogP contribution in [0.2, 0.25) is 0 Å². The lowest BCUT2D eigenvalue weighted by Crippen LogP contribution is -2.12. The van der Waals surface area contributed by atoms with Crippen molar-refractivity contribution in [3.63, 3.8) is 0 Å². The molecule has 3 aromatic rings. The Morgan fingerprint density at radius 1 is 1.08 bits per heavy atom. The smallest absolute Gasteiger partial charge is 0.339 e. The van der Waals surface area contributed by atoms with Crippen molar-refractivity contribution in [2.75, 3.05) is 5.32 Å². The number of aromatic hydroxyl groups is 1. The molecule has 2 aromatic carbocycles. The molecule has 6 nitrogen and oxygen atoms in total. The van der Waals surface area contributed by atoms with E-state index in [9.17, 15) is 14.7 Å². The Kier molecular flexibility index (Phi) is 4.26. The molecule has 3 rings (SSSR count). The quantitative estimate of drug-likeness (QED) is 0.627. The molecule has 1 amide bonds. The molecule has 0 atom stereocenters. The summed E-state index contributed by atoms with van der Waals surface area (Å²) in [6, 6.07) is 12.7. The molecule has 0 spiro atoms. The average molecular weight is 337 g/mol. The van der Waals surface area contributed by atoms with Gasteiger partial charge in [0.15, 0.2) is 0 Å². The average Bonchev–Trinajstić information content (AvgIpc) is 3.10. The van der Waals surface area contributed by atoms with Crippen molar-refractivity contribution in [1.82, 2.24) is 0 Å². The van der Waals surface area contributed by atoms with E-state index in [0.29, 0.717) is 11.3 Å². The lowest BCUT2D eigenvalue weighted by molar-refractivity contribution is 0.0693. The van der Waals surface area contributed by atoms with Gasteiger partial charge in [0.25, 0.3) is 5.91 Å². The standard InChI is InChI=1S/C19H15NO5/c1-11-9-12(4-6-14(11)17-3-2-8-25-17)18(22)20-13-5-7-16(21)15(10-13)19(23)24/h2-10,21H,1H3,(H,20,22)(H,23,24). The second-order valence-corrected chi connectivity index (χ2v) is 5.50. The molecule has 0 unspecified atom stereocenters. The summed E-state index contributed by atoms with van der Waals surface area (Å²) in [5.74, 6) is -1.29. The lowest BCUT2D eigenvalue weighted by Gasteiger charge is -2.09. The highest BCUT2D eigenvalue weighted by atomic mass is 16.4. The summed E-state index contributed by atoms with van der Waals surface area (Å²) in [5, 5.41) is 21.2. The number of benzene rings is 2. The summed E-state index contributed by atoms with van der Waals surface area (Å²) in [6.45, 7) is 1.87.